The van der Waals surface area contributed by atoms with Crippen molar-refractivity contribution >= 4 is 28.5 Å². The monoisotopic (exact) mass is 488 g/mol. The third-order valence-electron chi connectivity index (χ3n) is 7.18. The highest BCUT2D eigenvalue weighted by Crippen LogP contribution is 2.30. The summed E-state index contributed by atoms with van der Waals surface area (Å²) in [6, 6.07) is 14.0. The number of aromatic nitrogens is 3. The molecule has 1 amide bonds. The Morgan fingerprint density at radius 1 is 1.17 bits per heavy atom. The lowest BCUT2D eigenvalue weighted by Crippen LogP contribution is -2.32. The van der Waals surface area contributed by atoms with Crippen molar-refractivity contribution in [3.63, 3.8) is 0 Å². The highest BCUT2D eigenvalue weighted by Gasteiger charge is 2.22. The zero-order valence-corrected chi connectivity index (χ0v) is 21.0. The minimum Gasteiger partial charge on any atom is -0.349 e. The van der Waals surface area contributed by atoms with Gasteiger partial charge in [-0.15, -0.1) is 0 Å². The van der Waals surface area contributed by atoms with Gasteiger partial charge in [0.25, 0.3) is 5.56 Å². The molecule has 1 atom stereocenters. The van der Waals surface area contributed by atoms with Crippen molar-refractivity contribution in [2.75, 3.05) is 0 Å². The van der Waals surface area contributed by atoms with Gasteiger partial charge in [-0.25, -0.2) is 4.98 Å². The first-order valence-corrected chi connectivity index (χ1v) is 12.4. The van der Waals surface area contributed by atoms with Gasteiger partial charge in [0.15, 0.2) is 5.65 Å². The van der Waals surface area contributed by atoms with E-state index < -0.39 is 0 Å². The molecule has 1 N–H and O–H groups in total. The fourth-order valence-electron chi connectivity index (χ4n) is 5.16. The summed E-state index contributed by atoms with van der Waals surface area (Å²) in [6.07, 6.45) is 4.81. The zero-order chi connectivity index (χ0) is 24.7. The second-order valence-corrected chi connectivity index (χ2v) is 9.82. The van der Waals surface area contributed by atoms with Gasteiger partial charge >= 0.3 is 0 Å². The predicted molar refractivity (Wildman–Crippen MR) is 139 cm³/mol. The number of carbonyl (C=O) groups excluding carboxylic acids is 1. The first-order chi connectivity index (χ1) is 16.8. The van der Waals surface area contributed by atoms with Crippen LogP contribution in [0.5, 0.6) is 0 Å². The van der Waals surface area contributed by atoms with Crippen LogP contribution in [0.1, 0.15) is 53.3 Å². The van der Waals surface area contributed by atoms with Gasteiger partial charge in [-0.2, -0.15) is 0 Å². The summed E-state index contributed by atoms with van der Waals surface area (Å²) in [6.45, 7) is 6.21. The summed E-state index contributed by atoms with van der Waals surface area (Å²) < 4.78 is 3.53. The standard InChI is InChI=1S/C28H29ClN4O2/c1-17-11-12-21(29)15-24(17)33-19(3)18(2)26-27(33)30-16-32(28(26)35)14-13-25(34)31-23-10-6-8-20-7-4-5-9-22(20)23/h4-5,7,9,11-12,15-16,23H,6,8,10,13-14H2,1-3H3,(H,31,34)/t23-/m1/s1. The number of benzene rings is 2. The minimum atomic E-state index is -0.134. The molecule has 180 valence electrons. The number of nitrogens with zero attached hydrogens (tertiary/aromatic N) is 3. The summed E-state index contributed by atoms with van der Waals surface area (Å²) in [5.74, 6) is -0.0567. The van der Waals surface area contributed by atoms with Crippen LogP contribution in [-0.4, -0.2) is 20.0 Å². The van der Waals surface area contributed by atoms with E-state index in [0.717, 1.165) is 41.8 Å². The molecule has 1 aliphatic rings. The largest absolute Gasteiger partial charge is 0.349 e. The van der Waals surface area contributed by atoms with Gasteiger partial charge in [-0.3, -0.25) is 18.7 Å². The molecular formula is C28H29ClN4O2. The average molecular weight is 489 g/mol. The van der Waals surface area contributed by atoms with Crippen molar-refractivity contribution in [3.8, 4) is 5.69 Å². The molecule has 2 heterocycles. The summed E-state index contributed by atoms with van der Waals surface area (Å²) in [5.41, 5.74) is 6.76. The zero-order valence-electron chi connectivity index (χ0n) is 20.3. The fourth-order valence-corrected chi connectivity index (χ4v) is 5.32. The third kappa shape index (κ3) is 4.27. The highest BCUT2D eigenvalue weighted by molar-refractivity contribution is 6.30. The second kappa shape index (κ2) is 9.34. The van der Waals surface area contributed by atoms with Crippen molar-refractivity contribution in [1.29, 1.82) is 0 Å². The van der Waals surface area contributed by atoms with E-state index in [1.165, 1.54) is 11.1 Å². The van der Waals surface area contributed by atoms with E-state index in [1.807, 2.05) is 55.7 Å². The third-order valence-corrected chi connectivity index (χ3v) is 7.41. The Morgan fingerprint density at radius 2 is 1.97 bits per heavy atom. The number of amides is 1. The molecule has 0 fully saturated rings. The van der Waals surface area contributed by atoms with Crippen LogP contribution in [0.25, 0.3) is 16.7 Å². The molecule has 5 rings (SSSR count). The highest BCUT2D eigenvalue weighted by atomic mass is 35.5. The van der Waals surface area contributed by atoms with Gasteiger partial charge in [-0.1, -0.05) is 41.9 Å². The maximum absolute atomic E-state index is 13.4. The van der Waals surface area contributed by atoms with Crippen molar-refractivity contribution < 1.29 is 4.79 Å². The van der Waals surface area contributed by atoms with E-state index in [0.29, 0.717) is 16.1 Å². The topological polar surface area (TPSA) is 68.9 Å². The minimum absolute atomic E-state index is 0.0321. The molecule has 4 aromatic rings. The van der Waals surface area contributed by atoms with Crippen LogP contribution in [0, 0.1) is 20.8 Å². The molecule has 2 aromatic carbocycles. The number of fused-ring (bicyclic) bond motifs is 2. The number of hydrogen-bond acceptors (Lipinski definition) is 3. The van der Waals surface area contributed by atoms with E-state index in [9.17, 15) is 9.59 Å². The maximum atomic E-state index is 13.4. The van der Waals surface area contributed by atoms with Gasteiger partial charge in [0.2, 0.25) is 5.91 Å². The molecular weight excluding hydrogens is 460 g/mol. The molecule has 0 radical (unpaired) electrons. The van der Waals surface area contributed by atoms with Crippen LogP contribution in [0.15, 0.2) is 53.6 Å². The molecule has 0 aliphatic heterocycles. The summed E-state index contributed by atoms with van der Waals surface area (Å²) in [4.78, 5) is 30.8. The van der Waals surface area contributed by atoms with Gasteiger partial charge in [-0.05, 0) is 74.4 Å². The number of halogens is 1. The first-order valence-electron chi connectivity index (χ1n) is 12.1. The molecule has 35 heavy (non-hydrogen) atoms. The Bertz CT molecular complexity index is 1500. The first kappa shape index (κ1) is 23.4. The van der Waals surface area contributed by atoms with Crippen molar-refractivity contribution in [1.82, 2.24) is 19.4 Å². The number of rotatable bonds is 5. The van der Waals surface area contributed by atoms with Crippen LogP contribution in [-0.2, 0) is 17.8 Å². The van der Waals surface area contributed by atoms with Crippen LogP contribution < -0.4 is 10.9 Å². The molecule has 7 heteroatoms. The lowest BCUT2D eigenvalue weighted by atomic mass is 9.88. The molecule has 0 spiro atoms. The van der Waals surface area contributed by atoms with Gasteiger partial charge in [0, 0.05) is 23.7 Å². The number of nitrogens with one attached hydrogen (secondary N) is 1. The summed E-state index contributed by atoms with van der Waals surface area (Å²) in [5, 5.41) is 4.37. The normalized spacial score (nSPS) is 15.3. The van der Waals surface area contributed by atoms with Crippen LogP contribution in [0.2, 0.25) is 5.02 Å². The molecule has 0 unspecified atom stereocenters. The summed E-state index contributed by atoms with van der Waals surface area (Å²) >= 11 is 6.26. The Hall–Kier alpha value is -3.38. The molecule has 6 nitrogen and oxygen atoms in total. The SMILES string of the molecule is Cc1ccc(Cl)cc1-n1c(C)c(C)c2c(=O)n(CCC(=O)N[C@@H]3CCCc4ccccc43)cnc21. The van der Waals surface area contributed by atoms with Gasteiger partial charge < -0.3 is 5.32 Å². The Balaban J connectivity index is 1.39. The van der Waals surface area contributed by atoms with Gasteiger partial charge in [0.1, 0.15) is 0 Å². The number of carbonyl (C=O) groups is 1. The van der Waals surface area contributed by atoms with Crippen molar-refractivity contribution in [2.24, 2.45) is 0 Å². The Morgan fingerprint density at radius 3 is 2.80 bits per heavy atom. The predicted octanol–water partition coefficient (Wildman–Crippen LogP) is 5.35. The Labute approximate surface area is 209 Å². The molecule has 1 aliphatic carbocycles. The lowest BCUT2D eigenvalue weighted by molar-refractivity contribution is -0.122. The fraction of sp³-hybridized carbons (Fsp3) is 0.321. The molecule has 0 saturated carbocycles. The van der Waals surface area contributed by atoms with Gasteiger partial charge in [0.05, 0.1) is 23.4 Å². The lowest BCUT2D eigenvalue weighted by Gasteiger charge is -2.26. The van der Waals surface area contributed by atoms with Crippen molar-refractivity contribution in [2.45, 2.75) is 59.0 Å². The quantitative estimate of drug-likeness (QED) is 0.411. The Kier molecular flexibility index (Phi) is 6.24. The van der Waals surface area contributed by atoms with Crippen LogP contribution in [0.3, 0.4) is 0 Å². The summed E-state index contributed by atoms with van der Waals surface area (Å²) in [7, 11) is 0. The van der Waals surface area contributed by atoms with E-state index in [-0.39, 0.29) is 30.5 Å². The second-order valence-electron chi connectivity index (χ2n) is 9.38. The number of aryl methyl sites for hydroxylation is 4. The van der Waals surface area contributed by atoms with Crippen molar-refractivity contribution in [3.05, 3.63) is 92.1 Å². The smallest absolute Gasteiger partial charge is 0.263 e. The molecule has 0 saturated heterocycles. The molecule has 0 bridgehead atoms. The van der Waals surface area contributed by atoms with Crippen LogP contribution >= 0.6 is 11.6 Å². The maximum Gasteiger partial charge on any atom is 0.263 e. The average Bonchev–Trinajstić information content (AvgIpc) is 3.11. The molecule has 2 aromatic heterocycles. The van der Waals surface area contributed by atoms with E-state index in [1.54, 1.807) is 10.9 Å². The van der Waals surface area contributed by atoms with E-state index >= 15 is 0 Å². The number of hydrogen-bond donors (Lipinski definition) is 1. The van der Waals surface area contributed by atoms with Crippen LogP contribution in [0.4, 0.5) is 0 Å². The van der Waals surface area contributed by atoms with E-state index in [4.69, 9.17) is 11.6 Å². The van der Waals surface area contributed by atoms with E-state index in [2.05, 4.69) is 22.4 Å².